The van der Waals surface area contributed by atoms with Gasteiger partial charge in [0.15, 0.2) is 0 Å². The Morgan fingerprint density at radius 2 is 1.90 bits per heavy atom. The number of nitrogens with one attached hydrogen (secondary N) is 1. The fourth-order valence-electron chi connectivity index (χ4n) is 4.20. The number of benzene rings is 1. The molecule has 1 aliphatic heterocycles. The van der Waals surface area contributed by atoms with Crippen molar-refractivity contribution >= 4 is 48.0 Å². The zero-order chi connectivity index (χ0) is 19.3. The Morgan fingerprint density at radius 3 is 2.52 bits per heavy atom. The van der Waals surface area contributed by atoms with E-state index in [9.17, 15) is 4.79 Å². The third-order valence-corrected chi connectivity index (χ3v) is 6.09. The molecule has 1 aromatic rings. The maximum absolute atomic E-state index is 12.8. The number of nitrogen functional groups attached to an aromatic ring is 1. The number of ether oxygens (including phenoxy) is 2. The number of anilines is 1. The maximum atomic E-state index is 12.8. The lowest BCUT2D eigenvalue weighted by Crippen LogP contribution is -2.49. The van der Waals surface area contributed by atoms with Crippen LogP contribution in [-0.4, -0.2) is 57.3 Å². The molecule has 1 aliphatic carbocycles. The smallest absolute Gasteiger partial charge is 0.255 e. The number of methoxy groups -OCH3 is 1. The molecule has 0 spiro atoms. The van der Waals surface area contributed by atoms with Crippen molar-refractivity contribution in [2.24, 2.45) is 5.41 Å². The van der Waals surface area contributed by atoms with E-state index in [2.05, 4.69) is 10.2 Å². The van der Waals surface area contributed by atoms with Gasteiger partial charge in [-0.25, -0.2) is 0 Å². The third-order valence-electron chi connectivity index (χ3n) is 5.76. The van der Waals surface area contributed by atoms with Crippen LogP contribution in [0.3, 0.4) is 0 Å². The number of rotatable bonds is 6. The van der Waals surface area contributed by atoms with Gasteiger partial charge in [-0.05, 0) is 18.9 Å². The molecule has 29 heavy (non-hydrogen) atoms. The molecule has 0 bridgehead atoms. The number of hydrogen-bond donors (Lipinski definition) is 2. The summed E-state index contributed by atoms with van der Waals surface area (Å²) in [6.45, 7) is 5.20. The van der Waals surface area contributed by atoms with Crippen molar-refractivity contribution in [2.75, 3.05) is 52.2 Å². The minimum Gasteiger partial charge on any atom is -0.496 e. The number of morpholine rings is 1. The molecule has 9 heteroatoms. The minimum absolute atomic E-state index is 0. The van der Waals surface area contributed by atoms with Gasteiger partial charge in [0.25, 0.3) is 5.91 Å². The van der Waals surface area contributed by atoms with Gasteiger partial charge < -0.3 is 20.5 Å². The van der Waals surface area contributed by atoms with Gasteiger partial charge in [-0.15, -0.1) is 24.8 Å². The molecule has 1 aromatic carbocycles. The van der Waals surface area contributed by atoms with Crippen LogP contribution in [-0.2, 0) is 4.74 Å². The average molecular weight is 469 g/mol. The van der Waals surface area contributed by atoms with Crippen molar-refractivity contribution in [3.8, 4) is 5.75 Å². The molecule has 3 rings (SSSR count). The number of amides is 1. The van der Waals surface area contributed by atoms with Crippen molar-refractivity contribution in [3.63, 3.8) is 0 Å². The molecule has 1 heterocycles. The molecule has 0 aromatic heterocycles. The van der Waals surface area contributed by atoms with E-state index < -0.39 is 0 Å². The summed E-state index contributed by atoms with van der Waals surface area (Å²) in [5.74, 6) is 0.279. The Bertz CT molecular complexity index is 664. The van der Waals surface area contributed by atoms with Crippen LogP contribution in [0.25, 0.3) is 0 Å². The number of carbonyl (C=O) groups excluding carboxylic acids is 1. The van der Waals surface area contributed by atoms with Gasteiger partial charge in [-0.1, -0.05) is 30.9 Å². The van der Waals surface area contributed by atoms with Crippen LogP contribution in [0.2, 0.25) is 5.02 Å². The molecular weight excluding hydrogens is 437 g/mol. The normalized spacial score (nSPS) is 18.8. The number of carbonyl (C=O) groups is 1. The highest BCUT2D eigenvalue weighted by atomic mass is 35.5. The van der Waals surface area contributed by atoms with Crippen LogP contribution in [0.5, 0.6) is 5.75 Å². The second-order valence-corrected chi connectivity index (χ2v) is 8.11. The van der Waals surface area contributed by atoms with E-state index in [1.165, 1.54) is 26.4 Å². The van der Waals surface area contributed by atoms with E-state index >= 15 is 0 Å². The van der Waals surface area contributed by atoms with Crippen LogP contribution < -0.4 is 15.8 Å². The highest BCUT2D eigenvalue weighted by Gasteiger charge is 2.35. The van der Waals surface area contributed by atoms with Gasteiger partial charge in [-0.2, -0.15) is 0 Å². The van der Waals surface area contributed by atoms with Crippen molar-refractivity contribution < 1.29 is 14.3 Å². The largest absolute Gasteiger partial charge is 0.496 e. The third kappa shape index (κ3) is 6.79. The highest BCUT2D eigenvalue weighted by Crippen LogP contribution is 2.37. The first-order valence-electron chi connectivity index (χ1n) is 9.74. The van der Waals surface area contributed by atoms with E-state index in [0.29, 0.717) is 28.6 Å². The maximum Gasteiger partial charge on any atom is 0.255 e. The topological polar surface area (TPSA) is 76.8 Å². The van der Waals surface area contributed by atoms with Crippen LogP contribution in [0.1, 0.15) is 42.5 Å². The summed E-state index contributed by atoms with van der Waals surface area (Å²) in [6.07, 6.45) is 6.00. The average Bonchev–Trinajstić information content (AvgIpc) is 2.69. The van der Waals surface area contributed by atoms with Crippen molar-refractivity contribution in [3.05, 3.63) is 22.7 Å². The van der Waals surface area contributed by atoms with Crippen LogP contribution in [0, 0.1) is 5.41 Å². The molecule has 6 nitrogen and oxygen atoms in total. The minimum atomic E-state index is -0.166. The summed E-state index contributed by atoms with van der Waals surface area (Å²) in [7, 11) is 1.53. The lowest BCUT2D eigenvalue weighted by atomic mass is 9.73. The first-order valence-corrected chi connectivity index (χ1v) is 10.1. The van der Waals surface area contributed by atoms with E-state index in [-0.39, 0.29) is 36.1 Å². The van der Waals surface area contributed by atoms with E-state index in [1.807, 2.05) is 0 Å². The SMILES string of the molecule is COc1cc(N)c(Cl)cc1C(=O)NCC1(CN2CCOCC2)CCCCC1.Cl.Cl. The lowest BCUT2D eigenvalue weighted by Gasteiger charge is -2.42. The Labute approximate surface area is 190 Å². The van der Waals surface area contributed by atoms with Gasteiger partial charge in [0.1, 0.15) is 5.75 Å². The van der Waals surface area contributed by atoms with Gasteiger partial charge in [0.05, 0.1) is 36.6 Å². The number of hydrogen-bond acceptors (Lipinski definition) is 5. The van der Waals surface area contributed by atoms with E-state index in [0.717, 1.165) is 45.7 Å². The molecule has 1 saturated carbocycles. The monoisotopic (exact) mass is 467 g/mol. The second kappa shape index (κ2) is 12.1. The van der Waals surface area contributed by atoms with E-state index in [4.69, 9.17) is 26.8 Å². The molecule has 2 aliphatic rings. The standard InChI is InChI=1S/C20H30ClN3O3.2ClH/c1-26-18-12-17(22)16(21)11-15(18)19(25)23-13-20(5-3-2-4-6-20)14-24-7-9-27-10-8-24;;/h11-12H,2-10,13-14,22H2,1H3,(H,23,25);2*1H. The number of nitrogens with zero attached hydrogens (tertiary/aromatic N) is 1. The number of halogens is 3. The lowest BCUT2D eigenvalue weighted by molar-refractivity contribution is 0.00727. The summed E-state index contributed by atoms with van der Waals surface area (Å²) in [4.78, 5) is 15.3. The quantitative estimate of drug-likeness (QED) is 0.621. The summed E-state index contributed by atoms with van der Waals surface area (Å²) >= 11 is 6.11. The summed E-state index contributed by atoms with van der Waals surface area (Å²) in [6, 6.07) is 3.18. The Kier molecular flexibility index (Phi) is 10.9. The van der Waals surface area contributed by atoms with Crippen molar-refractivity contribution in [1.29, 1.82) is 0 Å². The van der Waals surface area contributed by atoms with Crippen molar-refractivity contribution in [2.45, 2.75) is 32.1 Å². The van der Waals surface area contributed by atoms with Crippen molar-refractivity contribution in [1.82, 2.24) is 10.2 Å². The van der Waals surface area contributed by atoms with Crippen LogP contribution in [0.4, 0.5) is 5.69 Å². The second-order valence-electron chi connectivity index (χ2n) is 7.71. The van der Waals surface area contributed by atoms with Gasteiger partial charge in [0, 0.05) is 37.7 Å². The molecular formula is C20H32Cl3N3O3. The zero-order valence-corrected chi connectivity index (χ0v) is 19.3. The fraction of sp³-hybridized carbons (Fsp3) is 0.650. The predicted molar refractivity (Wildman–Crippen MR) is 122 cm³/mol. The molecule has 3 N–H and O–H groups in total. The summed E-state index contributed by atoms with van der Waals surface area (Å²) in [5.41, 5.74) is 6.77. The molecule has 0 radical (unpaired) electrons. The number of nitrogens with two attached hydrogens (primary N) is 1. The van der Waals surface area contributed by atoms with Gasteiger partial charge >= 0.3 is 0 Å². The molecule has 1 amide bonds. The Hall–Kier alpha value is -0.920. The van der Waals surface area contributed by atoms with Gasteiger partial charge in [0.2, 0.25) is 0 Å². The van der Waals surface area contributed by atoms with E-state index in [1.54, 1.807) is 12.1 Å². The fourth-order valence-corrected chi connectivity index (χ4v) is 4.37. The molecule has 166 valence electrons. The molecule has 0 unspecified atom stereocenters. The zero-order valence-electron chi connectivity index (χ0n) is 16.9. The summed E-state index contributed by atoms with van der Waals surface area (Å²) in [5, 5.41) is 3.51. The highest BCUT2D eigenvalue weighted by molar-refractivity contribution is 6.33. The molecule has 2 fully saturated rings. The Balaban J connectivity index is 0.00000210. The van der Waals surface area contributed by atoms with Gasteiger partial charge in [-0.3, -0.25) is 9.69 Å². The van der Waals surface area contributed by atoms with Crippen LogP contribution in [0.15, 0.2) is 12.1 Å². The molecule has 1 saturated heterocycles. The predicted octanol–water partition coefficient (Wildman–Crippen LogP) is 3.79. The first-order chi connectivity index (χ1) is 13.0. The first kappa shape index (κ1) is 26.1. The van der Waals surface area contributed by atoms with Crippen LogP contribution >= 0.6 is 36.4 Å². The Morgan fingerprint density at radius 1 is 1.24 bits per heavy atom. The summed E-state index contributed by atoms with van der Waals surface area (Å²) < 4.78 is 10.8. The molecule has 0 atom stereocenters.